The number of hydrogen-bond donors (Lipinski definition) is 0. The summed E-state index contributed by atoms with van der Waals surface area (Å²) in [5.41, 5.74) is 3.14. The highest BCUT2D eigenvalue weighted by Crippen LogP contribution is 2.33. The van der Waals surface area contributed by atoms with Crippen molar-refractivity contribution in [2.45, 2.75) is 26.3 Å². The van der Waals surface area contributed by atoms with Gasteiger partial charge in [-0.3, -0.25) is 4.79 Å². The van der Waals surface area contributed by atoms with Crippen molar-refractivity contribution in [3.05, 3.63) is 48.0 Å². The maximum absolute atomic E-state index is 12.3. The van der Waals surface area contributed by atoms with E-state index in [0.29, 0.717) is 0 Å². The summed E-state index contributed by atoms with van der Waals surface area (Å²) in [4.78, 5) is 20.9. The summed E-state index contributed by atoms with van der Waals surface area (Å²) in [6.07, 6.45) is 2.07. The van der Waals surface area contributed by atoms with Gasteiger partial charge in [0.2, 0.25) is 0 Å². The molecular weight excluding hydrogens is 382 g/mol. The molecule has 0 aliphatic rings. The van der Waals surface area contributed by atoms with Crippen molar-refractivity contribution in [1.82, 2.24) is 14.8 Å². The molecule has 29 heavy (non-hydrogen) atoms. The molecule has 0 aliphatic heterocycles. The highest BCUT2D eigenvalue weighted by Gasteiger charge is 2.14. The minimum atomic E-state index is 0.00417. The number of para-hydroxylation sites is 1. The van der Waals surface area contributed by atoms with Gasteiger partial charge >= 0.3 is 0 Å². The van der Waals surface area contributed by atoms with Gasteiger partial charge in [0.05, 0.1) is 10.2 Å². The van der Waals surface area contributed by atoms with Gasteiger partial charge in [-0.1, -0.05) is 25.5 Å². The zero-order valence-corrected chi connectivity index (χ0v) is 18.5. The predicted octanol–water partition coefficient (Wildman–Crippen LogP) is 4.66. The molecule has 0 bridgehead atoms. The number of hydrogen-bond acceptors (Lipinski definition) is 5. The normalized spacial score (nSPS) is 11.2. The number of carbonyl (C=O) groups excluding carboxylic acids is 1. The molecule has 0 aliphatic carbocycles. The SMILES string of the molecule is CCCCN(C)C(=O)COc1ccc(-c2nc3ccccc3s2)cc1CN(C)C. The fraction of sp³-hybridized carbons (Fsp3) is 0.391. The molecule has 2 aromatic carbocycles. The lowest BCUT2D eigenvalue weighted by Gasteiger charge is -2.19. The van der Waals surface area contributed by atoms with E-state index in [4.69, 9.17) is 9.72 Å². The van der Waals surface area contributed by atoms with Gasteiger partial charge in [0.25, 0.3) is 5.91 Å². The van der Waals surface area contributed by atoms with E-state index < -0.39 is 0 Å². The fourth-order valence-electron chi connectivity index (χ4n) is 3.08. The molecule has 1 amide bonds. The van der Waals surface area contributed by atoms with E-state index in [9.17, 15) is 4.79 Å². The topological polar surface area (TPSA) is 45.7 Å². The number of aromatic nitrogens is 1. The Labute approximate surface area is 176 Å². The Morgan fingerprint density at radius 3 is 2.66 bits per heavy atom. The third-order valence-electron chi connectivity index (χ3n) is 4.71. The largest absolute Gasteiger partial charge is 0.483 e. The number of unbranched alkanes of at least 4 members (excludes halogenated alkanes) is 1. The van der Waals surface area contributed by atoms with Crippen LogP contribution in [0.4, 0.5) is 0 Å². The van der Waals surface area contributed by atoms with Crippen molar-refractivity contribution in [2.75, 3.05) is 34.3 Å². The van der Waals surface area contributed by atoms with E-state index in [0.717, 1.165) is 53.3 Å². The molecule has 0 saturated carbocycles. The quantitative estimate of drug-likeness (QED) is 0.514. The Morgan fingerprint density at radius 2 is 1.93 bits per heavy atom. The maximum atomic E-state index is 12.3. The summed E-state index contributed by atoms with van der Waals surface area (Å²) in [5.74, 6) is 0.755. The van der Waals surface area contributed by atoms with Crippen molar-refractivity contribution in [1.29, 1.82) is 0 Å². The smallest absolute Gasteiger partial charge is 0.260 e. The van der Waals surface area contributed by atoms with Crippen molar-refractivity contribution >= 4 is 27.5 Å². The minimum absolute atomic E-state index is 0.00417. The minimum Gasteiger partial charge on any atom is -0.483 e. The second-order valence-electron chi connectivity index (χ2n) is 7.50. The molecule has 0 radical (unpaired) electrons. The van der Waals surface area contributed by atoms with Gasteiger partial charge in [-0.05, 0) is 50.8 Å². The Morgan fingerprint density at radius 1 is 1.14 bits per heavy atom. The third-order valence-corrected chi connectivity index (χ3v) is 5.80. The first kappa shape index (κ1) is 21.3. The molecule has 5 nitrogen and oxygen atoms in total. The molecule has 3 rings (SSSR count). The summed E-state index contributed by atoms with van der Waals surface area (Å²) in [7, 11) is 5.88. The second kappa shape index (κ2) is 9.85. The van der Waals surface area contributed by atoms with Crippen LogP contribution in [0.25, 0.3) is 20.8 Å². The first-order valence-corrected chi connectivity index (χ1v) is 10.8. The molecule has 0 atom stereocenters. The number of benzene rings is 2. The van der Waals surface area contributed by atoms with Gasteiger partial charge < -0.3 is 14.5 Å². The summed E-state index contributed by atoms with van der Waals surface area (Å²) in [6, 6.07) is 14.3. The molecule has 0 unspecified atom stereocenters. The van der Waals surface area contributed by atoms with Crippen molar-refractivity contribution < 1.29 is 9.53 Å². The number of rotatable bonds is 9. The number of carbonyl (C=O) groups is 1. The standard InChI is InChI=1S/C23H29N3O2S/c1-5-6-13-26(4)22(27)16-28-20-12-11-17(14-18(20)15-25(2)3)23-24-19-9-7-8-10-21(19)29-23/h7-12,14H,5-6,13,15-16H2,1-4H3. The molecule has 1 heterocycles. The second-order valence-corrected chi connectivity index (χ2v) is 8.54. The van der Waals surface area contributed by atoms with Crippen LogP contribution in [0.5, 0.6) is 5.75 Å². The Hall–Kier alpha value is -2.44. The predicted molar refractivity (Wildman–Crippen MR) is 120 cm³/mol. The van der Waals surface area contributed by atoms with E-state index in [1.807, 2.05) is 51.5 Å². The summed E-state index contributed by atoms with van der Waals surface area (Å²) in [5, 5.41) is 0.994. The van der Waals surface area contributed by atoms with Crippen LogP contribution in [-0.2, 0) is 11.3 Å². The van der Waals surface area contributed by atoms with Crippen LogP contribution in [0.3, 0.4) is 0 Å². The van der Waals surface area contributed by atoms with Gasteiger partial charge in [-0.25, -0.2) is 4.98 Å². The van der Waals surface area contributed by atoms with Crippen LogP contribution in [0.15, 0.2) is 42.5 Å². The number of amides is 1. The molecule has 0 fully saturated rings. The molecule has 0 spiro atoms. The zero-order chi connectivity index (χ0) is 20.8. The Bertz CT molecular complexity index is 935. The molecule has 0 saturated heterocycles. The molecule has 1 aromatic heterocycles. The van der Waals surface area contributed by atoms with Crippen molar-refractivity contribution in [2.24, 2.45) is 0 Å². The average molecular weight is 412 g/mol. The van der Waals surface area contributed by atoms with Crippen LogP contribution >= 0.6 is 11.3 Å². The van der Waals surface area contributed by atoms with Gasteiger partial charge in [0.1, 0.15) is 10.8 Å². The van der Waals surface area contributed by atoms with Crippen LogP contribution in [0, 0.1) is 0 Å². The van der Waals surface area contributed by atoms with E-state index in [-0.39, 0.29) is 12.5 Å². The summed E-state index contributed by atoms with van der Waals surface area (Å²) >= 11 is 1.69. The molecular formula is C23H29N3O2S. The highest BCUT2D eigenvalue weighted by molar-refractivity contribution is 7.21. The first-order valence-electron chi connectivity index (χ1n) is 9.98. The number of fused-ring (bicyclic) bond motifs is 1. The lowest BCUT2D eigenvalue weighted by Crippen LogP contribution is -2.32. The lowest BCUT2D eigenvalue weighted by atomic mass is 10.1. The van der Waals surface area contributed by atoms with E-state index in [2.05, 4.69) is 24.0 Å². The first-order chi connectivity index (χ1) is 14.0. The summed E-state index contributed by atoms with van der Waals surface area (Å²) in [6.45, 7) is 3.67. The van der Waals surface area contributed by atoms with Crippen LogP contribution in [-0.4, -0.2) is 55.0 Å². The van der Waals surface area contributed by atoms with E-state index in [1.54, 1.807) is 16.2 Å². The van der Waals surface area contributed by atoms with Crippen LogP contribution in [0.2, 0.25) is 0 Å². The molecule has 3 aromatic rings. The average Bonchev–Trinajstić information content (AvgIpc) is 3.14. The van der Waals surface area contributed by atoms with E-state index >= 15 is 0 Å². The monoisotopic (exact) mass is 411 g/mol. The lowest BCUT2D eigenvalue weighted by molar-refractivity contribution is -0.132. The number of likely N-dealkylation sites (N-methyl/N-ethyl adjacent to an activating group) is 1. The number of thiazole rings is 1. The number of nitrogens with zero attached hydrogens (tertiary/aromatic N) is 3. The maximum Gasteiger partial charge on any atom is 0.260 e. The van der Waals surface area contributed by atoms with Gasteiger partial charge in [0.15, 0.2) is 6.61 Å². The van der Waals surface area contributed by atoms with Crippen molar-refractivity contribution in [3.8, 4) is 16.3 Å². The number of ether oxygens (including phenoxy) is 1. The van der Waals surface area contributed by atoms with Crippen LogP contribution in [0.1, 0.15) is 25.3 Å². The highest BCUT2D eigenvalue weighted by atomic mass is 32.1. The molecule has 0 N–H and O–H groups in total. The van der Waals surface area contributed by atoms with Crippen LogP contribution < -0.4 is 4.74 Å². The van der Waals surface area contributed by atoms with Gasteiger partial charge in [-0.2, -0.15) is 0 Å². The molecule has 6 heteroatoms. The Kier molecular flexibility index (Phi) is 7.23. The zero-order valence-electron chi connectivity index (χ0n) is 17.6. The fourth-order valence-corrected chi connectivity index (χ4v) is 4.04. The Balaban J connectivity index is 1.79. The van der Waals surface area contributed by atoms with Gasteiger partial charge in [-0.15, -0.1) is 11.3 Å². The molecule has 154 valence electrons. The van der Waals surface area contributed by atoms with Crippen molar-refractivity contribution in [3.63, 3.8) is 0 Å². The summed E-state index contributed by atoms with van der Waals surface area (Å²) < 4.78 is 7.09. The van der Waals surface area contributed by atoms with Gasteiger partial charge in [0, 0.05) is 31.3 Å². The third kappa shape index (κ3) is 5.55. The van der Waals surface area contributed by atoms with E-state index in [1.165, 1.54) is 4.70 Å².